The van der Waals surface area contributed by atoms with Crippen LogP contribution in [-0.4, -0.2) is 46.9 Å². The molecule has 56 heavy (non-hydrogen) atoms. The molecule has 3 unspecified atom stereocenters. The summed E-state index contributed by atoms with van der Waals surface area (Å²) in [6.45, 7) is 6.49. The smallest absolute Gasteiger partial charge is 0.306 e. The van der Waals surface area contributed by atoms with Crippen LogP contribution in [0.25, 0.3) is 0 Å². The maximum absolute atomic E-state index is 13.1. The molecule has 0 fully saturated rings. The van der Waals surface area contributed by atoms with Gasteiger partial charge >= 0.3 is 5.97 Å². The number of carbonyl (C=O) groups is 2. The van der Waals surface area contributed by atoms with Gasteiger partial charge in [-0.3, -0.25) is 9.59 Å². The normalized spacial score (nSPS) is 13.2. The number of hydrogen-bond acceptors (Lipinski definition) is 5. The second-order valence-corrected chi connectivity index (χ2v) is 17.6. The Morgan fingerprint density at radius 2 is 0.750 bits per heavy atom. The fraction of sp³-hybridized carbons (Fsp3) is 0.960. The van der Waals surface area contributed by atoms with Crippen molar-refractivity contribution in [2.24, 2.45) is 0 Å². The number of carbonyl (C=O) groups excluding carboxylic acids is 2. The number of amides is 1. The number of aliphatic hydroxyl groups is 2. The fourth-order valence-electron chi connectivity index (χ4n) is 8.08. The van der Waals surface area contributed by atoms with Crippen LogP contribution in [0.2, 0.25) is 0 Å². The van der Waals surface area contributed by atoms with Crippen LogP contribution in [-0.2, 0) is 14.3 Å². The summed E-state index contributed by atoms with van der Waals surface area (Å²) in [6.07, 6.45) is 47.3. The zero-order valence-electron chi connectivity index (χ0n) is 38.0. The second kappa shape index (κ2) is 45.0. The SMILES string of the molecule is CCCCCCCCCCCCCCCCCC(=O)OC(CCCCCCCCCCC)CC(=O)NC(CO)C(O)CCCCCCCCCCCCCCC. The Balaban J connectivity index is 4.42. The highest BCUT2D eigenvalue weighted by atomic mass is 16.5. The molecule has 0 aromatic heterocycles. The van der Waals surface area contributed by atoms with Gasteiger partial charge in [-0.1, -0.05) is 245 Å². The van der Waals surface area contributed by atoms with E-state index in [0.29, 0.717) is 19.3 Å². The lowest BCUT2D eigenvalue weighted by atomic mass is 10.0. The highest BCUT2D eigenvalue weighted by molar-refractivity contribution is 5.77. The molecule has 6 heteroatoms. The minimum atomic E-state index is -0.778. The lowest BCUT2D eigenvalue weighted by molar-refractivity contribution is -0.151. The van der Waals surface area contributed by atoms with Gasteiger partial charge in [0.15, 0.2) is 0 Å². The molecule has 0 aliphatic heterocycles. The molecule has 6 nitrogen and oxygen atoms in total. The van der Waals surface area contributed by atoms with E-state index < -0.39 is 18.2 Å². The van der Waals surface area contributed by atoms with Crippen molar-refractivity contribution < 1.29 is 24.5 Å². The lowest BCUT2D eigenvalue weighted by Gasteiger charge is -2.24. The Bertz CT molecular complexity index is 806. The van der Waals surface area contributed by atoms with Gasteiger partial charge in [0.1, 0.15) is 6.10 Å². The van der Waals surface area contributed by atoms with Crippen molar-refractivity contribution in [1.82, 2.24) is 5.32 Å². The zero-order valence-corrected chi connectivity index (χ0v) is 38.0. The molecule has 3 atom stereocenters. The summed E-state index contributed by atoms with van der Waals surface area (Å²) < 4.78 is 5.92. The van der Waals surface area contributed by atoms with Crippen LogP contribution < -0.4 is 5.32 Å². The van der Waals surface area contributed by atoms with Gasteiger partial charge in [0.2, 0.25) is 5.91 Å². The monoisotopic (exact) mass is 794 g/mol. The molecule has 0 aliphatic rings. The van der Waals surface area contributed by atoms with Crippen LogP contribution in [0.3, 0.4) is 0 Å². The first-order valence-electron chi connectivity index (χ1n) is 25.3. The van der Waals surface area contributed by atoms with E-state index in [1.165, 1.54) is 199 Å². The number of unbranched alkanes of at least 4 members (excludes halogenated alkanes) is 34. The first-order chi connectivity index (χ1) is 27.5. The predicted octanol–water partition coefficient (Wildman–Crippen LogP) is 14.8. The fourth-order valence-corrected chi connectivity index (χ4v) is 8.08. The Hall–Kier alpha value is -1.14. The highest BCUT2D eigenvalue weighted by Crippen LogP contribution is 2.18. The summed E-state index contributed by atoms with van der Waals surface area (Å²) in [5, 5.41) is 23.7. The van der Waals surface area contributed by atoms with Gasteiger partial charge in [0, 0.05) is 6.42 Å². The van der Waals surface area contributed by atoms with Gasteiger partial charge in [0.25, 0.3) is 0 Å². The van der Waals surface area contributed by atoms with Crippen LogP contribution in [0.4, 0.5) is 0 Å². The Morgan fingerprint density at radius 3 is 1.09 bits per heavy atom. The Labute approximate surface area is 349 Å². The van der Waals surface area contributed by atoms with Crippen LogP contribution in [0.1, 0.15) is 284 Å². The number of ether oxygens (including phenoxy) is 1. The van der Waals surface area contributed by atoms with Gasteiger partial charge < -0.3 is 20.3 Å². The Morgan fingerprint density at radius 1 is 0.446 bits per heavy atom. The summed E-state index contributed by atoms with van der Waals surface area (Å²) in [6, 6.07) is -0.691. The van der Waals surface area contributed by atoms with Gasteiger partial charge in [-0.15, -0.1) is 0 Å². The van der Waals surface area contributed by atoms with Crippen LogP contribution >= 0.6 is 0 Å². The molecule has 3 N–H and O–H groups in total. The molecule has 0 aliphatic carbocycles. The topological polar surface area (TPSA) is 95.9 Å². The van der Waals surface area contributed by atoms with E-state index in [2.05, 4.69) is 26.1 Å². The lowest BCUT2D eigenvalue weighted by Crippen LogP contribution is -2.46. The number of hydrogen-bond donors (Lipinski definition) is 3. The van der Waals surface area contributed by atoms with E-state index in [-0.39, 0.29) is 24.9 Å². The van der Waals surface area contributed by atoms with E-state index in [9.17, 15) is 19.8 Å². The van der Waals surface area contributed by atoms with E-state index >= 15 is 0 Å². The summed E-state index contributed by atoms with van der Waals surface area (Å²) in [7, 11) is 0. The molecule has 0 saturated carbocycles. The van der Waals surface area contributed by atoms with Crippen molar-refractivity contribution in [3.63, 3.8) is 0 Å². The van der Waals surface area contributed by atoms with E-state index in [0.717, 1.165) is 38.5 Å². The van der Waals surface area contributed by atoms with Crippen molar-refractivity contribution in [3.8, 4) is 0 Å². The average Bonchev–Trinajstić information content (AvgIpc) is 3.19. The van der Waals surface area contributed by atoms with Crippen molar-refractivity contribution in [2.45, 2.75) is 302 Å². The third-order valence-electron chi connectivity index (χ3n) is 11.9. The summed E-state index contributed by atoms with van der Waals surface area (Å²) >= 11 is 0. The van der Waals surface area contributed by atoms with Crippen LogP contribution in [0, 0.1) is 0 Å². The predicted molar refractivity (Wildman–Crippen MR) is 241 cm³/mol. The number of rotatable bonds is 46. The molecule has 0 spiro atoms. The molecular weight excluding hydrogens is 695 g/mol. The van der Waals surface area contributed by atoms with Crippen molar-refractivity contribution in [1.29, 1.82) is 0 Å². The van der Waals surface area contributed by atoms with Gasteiger partial charge in [0.05, 0.1) is 25.2 Å². The van der Waals surface area contributed by atoms with Crippen molar-refractivity contribution in [3.05, 3.63) is 0 Å². The highest BCUT2D eigenvalue weighted by Gasteiger charge is 2.24. The molecule has 334 valence electrons. The second-order valence-electron chi connectivity index (χ2n) is 17.6. The Kier molecular flexibility index (Phi) is 44.0. The largest absolute Gasteiger partial charge is 0.462 e. The molecular formula is C50H99NO5. The maximum atomic E-state index is 13.1. The average molecular weight is 794 g/mol. The summed E-state index contributed by atoms with van der Waals surface area (Å²) in [5.74, 6) is -0.455. The molecule has 1 amide bonds. The van der Waals surface area contributed by atoms with Crippen molar-refractivity contribution >= 4 is 11.9 Å². The molecule has 0 rings (SSSR count). The van der Waals surface area contributed by atoms with E-state index in [1.54, 1.807) is 0 Å². The summed E-state index contributed by atoms with van der Waals surface area (Å²) in [4.78, 5) is 26.0. The van der Waals surface area contributed by atoms with Crippen LogP contribution in [0.5, 0.6) is 0 Å². The standard InChI is InChI=1S/C50H99NO5/c1-4-7-10-13-16-19-21-23-24-26-28-31-34-37-40-43-50(55)56-46(41-38-35-32-29-18-15-12-9-6-3)44-49(54)51-47(45-52)48(53)42-39-36-33-30-27-25-22-20-17-14-11-8-5-2/h46-48,52-53H,4-45H2,1-3H3,(H,51,54). The first-order valence-corrected chi connectivity index (χ1v) is 25.3. The van der Waals surface area contributed by atoms with Crippen molar-refractivity contribution in [2.75, 3.05) is 6.61 Å². The third-order valence-corrected chi connectivity index (χ3v) is 11.9. The third kappa shape index (κ3) is 39.7. The van der Waals surface area contributed by atoms with Gasteiger partial charge in [-0.2, -0.15) is 0 Å². The van der Waals surface area contributed by atoms with Gasteiger partial charge in [-0.25, -0.2) is 0 Å². The molecule has 0 bridgehead atoms. The van der Waals surface area contributed by atoms with E-state index in [4.69, 9.17) is 4.74 Å². The maximum Gasteiger partial charge on any atom is 0.306 e. The molecule has 0 heterocycles. The molecule has 0 aromatic rings. The molecule has 0 aromatic carbocycles. The zero-order chi connectivity index (χ0) is 41.0. The molecule has 0 saturated heterocycles. The van der Waals surface area contributed by atoms with E-state index in [1.807, 2.05) is 0 Å². The molecule has 0 radical (unpaired) electrons. The quantitative estimate of drug-likeness (QED) is 0.0421. The number of nitrogens with one attached hydrogen (secondary N) is 1. The van der Waals surface area contributed by atoms with Crippen LogP contribution in [0.15, 0.2) is 0 Å². The summed E-state index contributed by atoms with van der Waals surface area (Å²) in [5.41, 5.74) is 0. The number of aliphatic hydroxyl groups excluding tert-OH is 2. The minimum absolute atomic E-state index is 0.0869. The van der Waals surface area contributed by atoms with Gasteiger partial charge in [-0.05, 0) is 25.7 Å². The number of esters is 1. The minimum Gasteiger partial charge on any atom is -0.462 e. The first kappa shape index (κ1) is 54.9.